The molecule has 1 N–H and O–H groups in total. The summed E-state index contributed by atoms with van der Waals surface area (Å²) in [5.74, 6) is 2.22. The highest BCUT2D eigenvalue weighted by Crippen LogP contribution is 2.27. The molecule has 146 valence electrons. The fourth-order valence-electron chi connectivity index (χ4n) is 4.58. The van der Waals surface area contributed by atoms with Crippen LogP contribution in [0, 0.1) is 11.8 Å². The second-order valence-corrected chi connectivity index (χ2v) is 8.29. The van der Waals surface area contributed by atoms with Gasteiger partial charge in [0.2, 0.25) is 0 Å². The SMILES string of the molecule is CCC1CC(C)CN(CCNCCC(c2ccccc2)c2ccccc2)C1. The number of likely N-dealkylation sites (tertiary alicyclic amines) is 1. The quantitative estimate of drug-likeness (QED) is 0.618. The Balaban J connectivity index is 1.47. The van der Waals surface area contributed by atoms with Crippen molar-refractivity contribution in [3.05, 3.63) is 71.8 Å². The van der Waals surface area contributed by atoms with Gasteiger partial charge in [-0.3, -0.25) is 0 Å². The smallest absolute Gasteiger partial charge is 0.0107 e. The summed E-state index contributed by atoms with van der Waals surface area (Å²) in [5.41, 5.74) is 2.84. The summed E-state index contributed by atoms with van der Waals surface area (Å²) in [6, 6.07) is 21.9. The van der Waals surface area contributed by atoms with Crippen LogP contribution in [0.1, 0.15) is 50.2 Å². The first-order chi connectivity index (χ1) is 13.3. The molecule has 2 nitrogen and oxygen atoms in total. The van der Waals surface area contributed by atoms with E-state index in [0.29, 0.717) is 5.92 Å². The molecular formula is C25H36N2. The largest absolute Gasteiger partial charge is 0.315 e. The van der Waals surface area contributed by atoms with Crippen LogP contribution < -0.4 is 5.32 Å². The third-order valence-corrected chi connectivity index (χ3v) is 6.02. The molecule has 0 bridgehead atoms. The van der Waals surface area contributed by atoms with Crippen molar-refractivity contribution in [2.24, 2.45) is 11.8 Å². The van der Waals surface area contributed by atoms with E-state index in [-0.39, 0.29) is 0 Å². The summed E-state index contributed by atoms with van der Waals surface area (Å²) in [4.78, 5) is 2.67. The van der Waals surface area contributed by atoms with Crippen molar-refractivity contribution in [3.8, 4) is 0 Å². The molecule has 2 atom stereocenters. The molecule has 1 heterocycles. The molecule has 1 aliphatic rings. The van der Waals surface area contributed by atoms with Gasteiger partial charge in [0.05, 0.1) is 0 Å². The van der Waals surface area contributed by atoms with Gasteiger partial charge in [-0.1, -0.05) is 80.9 Å². The fourth-order valence-corrected chi connectivity index (χ4v) is 4.58. The monoisotopic (exact) mass is 364 g/mol. The van der Waals surface area contributed by atoms with Crippen molar-refractivity contribution in [2.75, 3.05) is 32.7 Å². The number of hydrogen-bond donors (Lipinski definition) is 1. The molecule has 0 aliphatic carbocycles. The van der Waals surface area contributed by atoms with Gasteiger partial charge in [-0.25, -0.2) is 0 Å². The second-order valence-electron chi connectivity index (χ2n) is 8.29. The highest BCUT2D eigenvalue weighted by Gasteiger charge is 2.23. The van der Waals surface area contributed by atoms with Crippen LogP contribution in [-0.2, 0) is 0 Å². The Hall–Kier alpha value is -1.64. The minimum absolute atomic E-state index is 0.472. The average Bonchev–Trinajstić information content (AvgIpc) is 2.71. The molecule has 1 fully saturated rings. The van der Waals surface area contributed by atoms with Crippen LogP contribution in [0.25, 0.3) is 0 Å². The first-order valence-electron chi connectivity index (χ1n) is 10.8. The van der Waals surface area contributed by atoms with E-state index in [2.05, 4.69) is 84.7 Å². The maximum Gasteiger partial charge on any atom is 0.0107 e. The molecule has 2 aromatic rings. The number of piperidine rings is 1. The van der Waals surface area contributed by atoms with Crippen LogP contribution in [0.5, 0.6) is 0 Å². The lowest BCUT2D eigenvalue weighted by Crippen LogP contribution is -2.42. The maximum absolute atomic E-state index is 3.71. The predicted octanol–water partition coefficient (Wildman–Crippen LogP) is 5.17. The van der Waals surface area contributed by atoms with E-state index in [4.69, 9.17) is 0 Å². The first-order valence-corrected chi connectivity index (χ1v) is 10.8. The number of nitrogens with zero attached hydrogens (tertiary/aromatic N) is 1. The van der Waals surface area contributed by atoms with Gasteiger partial charge in [-0.05, 0) is 42.3 Å². The number of nitrogens with one attached hydrogen (secondary N) is 1. The Bertz CT molecular complexity index is 600. The lowest BCUT2D eigenvalue weighted by molar-refractivity contribution is 0.131. The summed E-state index contributed by atoms with van der Waals surface area (Å²) in [5, 5.41) is 3.71. The van der Waals surface area contributed by atoms with Crippen LogP contribution in [0.4, 0.5) is 0 Å². The Morgan fingerprint density at radius 1 is 0.926 bits per heavy atom. The van der Waals surface area contributed by atoms with E-state index >= 15 is 0 Å². The summed E-state index contributed by atoms with van der Waals surface area (Å²) in [6.07, 6.45) is 3.88. The van der Waals surface area contributed by atoms with Crippen LogP contribution in [0.2, 0.25) is 0 Å². The zero-order valence-corrected chi connectivity index (χ0v) is 17.1. The number of hydrogen-bond acceptors (Lipinski definition) is 2. The molecular weight excluding hydrogens is 328 g/mol. The van der Waals surface area contributed by atoms with E-state index in [1.54, 1.807) is 0 Å². The zero-order chi connectivity index (χ0) is 18.9. The Kier molecular flexibility index (Phi) is 7.92. The molecule has 0 amide bonds. The summed E-state index contributed by atoms with van der Waals surface area (Å²) < 4.78 is 0. The highest BCUT2D eigenvalue weighted by molar-refractivity contribution is 5.32. The lowest BCUT2D eigenvalue weighted by atomic mass is 9.88. The van der Waals surface area contributed by atoms with Crippen molar-refractivity contribution in [1.29, 1.82) is 0 Å². The average molecular weight is 365 g/mol. The van der Waals surface area contributed by atoms with Gasteiger partial charge in [-0.2, -0.15) is 0 Å². The van der Waals surface area contributed by atoms with Gasteiger partial charge in [0, 0.05) is 32.1 Å². The summed E-state index contributed by atoms with van der Waals surface area (Å²) >= 11 is 0. The van der Waals surface area contributed by atoms with Gasteiger partial charge < -0.3 is 10.2 Å². The third-order valence-electron chi connectivity index (χ3n) is 6.02. The highest BCUT2D eigenvalue weighted by atomic mass is 15.1. The van der Waals surface area contributed by atoms with Crippen molar-refractivity contribution >= 4 is 0 Å². The molecule has 0 spiro atoms. The Labute approximate surface area is 166 Å². The molecule has 0 radical (unpaired) electrons. The van der Waals surface area contributed by atoms with Crippen LogP contribution in [-0.4, -0.2) is 37.6 Å². The Morgan fingerprint density at radius 3 is 2.15 bits per heavy atom. The number of benzene rings is 2. The maximum atomic E-state index is 3.71. The molecule has 0 aromatic heterocycles. The first kappa shape index (κ1) is 20.1. The second kappa shape index (κ2) is 10.6. The summed E-state index contributed by atoms with van der Waals surface area (Å²) in [6.45, 7) is 10.7. The van der Waals surface area contributed by atoms with Crippen LogP contribution >= 0.6 is 0 Å². The molecule has 1 saturated heterocycles. The minimum atomic E-state index is 0.472. The van der Waals surface area contributed by atoms with Crippen LogP contribution in [0.15, 0.2) is 60.7 Å². The van der Waals surface area contributed by atoms with Gasteiger partial charge in [0.25, 0.3) is 0 Å². The van der Waals surface area contributed by atoms with E-state index in [0.717, 1.165) is 31.3 Å². The van der Waals surface area contributed by atoms with Crippen molar-refractivity contribution in [3.63, 3.8) is 0 Å². The molecule has 2 aromatic carbocycles. The standard InChI is InChI=1S/C25H36N2/c1-3-22-18-21(2)19-27(20-22)17-16-26-15-14-25(23-10-6-4-7-11-23)24-12-8-5-9-13-24/h4-13,21-22,25-26H,3,14-20H2,1-2H3. The van der Waals surface area contributed by atoms with E-state index in [9.17, 15) is 0 Å². The normalized spacial score (nSPS) is 20.9. The third kappa shape index (κ3) is 6.19. The molecule has 1 aliphatic heterocycles. The van der Waals surface area contributed by atoms with Crippen molar-refractivity contribution in [1.82, 2.24) is 10.2 Å². The van der Waals surface area contributed by atoms with E-state index < -0.39 is 0 Å². The van der Waals surface area contributed by atoms with Crippen LogP contribution in [0.3, 0.4) is 0 Å². The van der Waals surface area contributed by atoms with Gasteiger partial charge in [-0.15, -0.1) is 0 Å². The van der Waals surface area contributed by atoms with Crippen molar-refractivity contribution in [2.45, 2.75) is 39.0 Å². The van der Waals surface area contributed by atoms with E-state index in [1.165, 1.54) is 43.6 Å². The Morgan fingerprint density at radius 2 is 1.56 bits per heavy atom. The lowest BCUT2D eigenvalue weighted by Gasteiger charge is -2.36. The van der Waals surface area contributed by atoms with Gasteiger partial charge in [0.1, 0.15) is 0 Å². The predicted molar refractivity (Wildman–Crippen MR) is 116 cm³/mol. The van der Waals surface area contributed by atoms with Gasteiger partial charge >= 0.3 is 0 Å². The summed E-state index contributed by atoms with van der Waals surface area (Å²) in [7, 11) is 0. The van der Waals surface area contributed by atoms with Crippen molar-refractivity contribution < 1.29 is 0 Å². The molecule has 27 heavy (non-hydrogen) atoms. The van der Waals surface area contributed by atoms with Gasteiger partial charge in [0.15, 0.2) is 0 Å². The molecule has 2 heteroatoms. The fraction of sp³-hybridized carbons (Fsp3) is 0.520. The zero-order valence-electron chi connectivity index (χ0n) is 17.1. The number of rotatable bonds is 9. The molecule has 3 rings (SSSR count). The molecule has 0 saturated carbocycles. The minimum Gasteiger partial charge on any atom is -0.315 e. The topological polar surface area (TPSA) is 15.3 Å². The molecule has 2 unspecified atom stereocenters. The van der Waals surface area contributed by atoms with E-state index in [1.807, 2.05) is 0 Å².